The van der Waals surface area contributed by atoms with Crippen LogP contribution in [0.5, 0.6) is 0 Å². The molecule has 3 aromatic rings. The van der Waals surface area contributed by atoms with Gasteiger partial charge in [-0.1, -0.05) is 24.3 Å². The molecule has 0 saturated carbocycles. The largest absolute Gasteiger partial charge is 0.313 e. The van der Waals surface area contributed by atoms with Gasteiger partial charge in [-0.05, 0) is 48.4 Å². The van der Waals surface area contributed by atoms with Crippen LogP contribution < -0.4 is 5.32 Å². The molecule has 0 radical (unpaired) electrons. The highest BCUT2D eigenvalue weighted by Gasteiger charge is 2.21. The average molecular weight is 339 g/mol. The minimum atomic E-state index is -3.65. The molecule has 0 fully saturated rings. The molecule has 0 spiro atoms. The zero-order valence-corrected chi connectivity index (χ0v) is 13.8. The first-order valence-corrected chi connectivity index (χ1v) is 9.29. The summed E-state index contributed by atoms with van der Waals surface area (Å²) in [4.78, 5) is 4.59. The molecule has 122 valence electrons. The number of hydrogen-bond acceptors (Lipinski definition) is 4. The van der Waals surface area contributed by atoms with Crippen molar-refractivity contribution in [2.24, 2.45) is 0 Å². The number of fused-ring (bicyclic) bond motifs is 1. The van der Waals surface area contributed by atoms with E-state index in [0.29, 0.717) is 5.65 Å². The Labute approximate surface area is 140 Å². The topological polar surface area (TPSA) is 64.0 Å². The molecular weight excluding hydrogens is 322 g/mol. The molecule has 1 aliphatic rings. The van der Waals surface area contributed by atoms with Crippen molar-refractivity contribution >= 4 is 26.6 Å². The summed E-state index contributed by atoms with van der Waals surface area (Å²) in [5.74, 6) is 0. The monoisotopic (exact) mass is 339 g/mol. The van der Waals surface area contributed by atoms with Crippen LogP contribution in [0.15, 0.2) is 65.8 Å². The van der Waals surface area contributed by atoms with Crippen LogP contribution in [0, 0.1) is 0 Å². The standard InChI is InChI=1S/C18H17N3O2S/c22-24(23,15-4-2-1-3-5-15)21-13-9-17-16(8-12-20-18(17)21)14-6-10-19-11-7-14/h1-6,8-9,12-13,19H,7,10-11H2. The van der Waals surface area contributed by atoms with Crippen molar-refractivity contribution in [3.8, 4) is 0 Å². The molecule has 0 bridgehead atoms. The predicted molar refractivity (Wildman–Crippen MR) is 94.2 cm³/mol. The molecule has 2 aromatic heterocycles. The van der Waals surface area contributed by atoms with Gasteiger partial charge in [-0.25, -0.2) is 17.4 Å². The second kappa shape index (κ2) is 5.89. The Balaban J connectivity index is 1.89. The number of rotatable bonds is 3. The minimum absolute atomic E-state index is 0.260. The van der Waals surface area contributed by atoms with Crippen LogP contribution in [-0.4, -0.2) is 30.5 Å². The lowest BCUT2D eigenvalue weighted by molar-refractivity contribution is 0.589. The summed E-state index contributed by atoms with van der Waals surface area (Å²) < 4.78 is 27.1. The second-order valence-electron chi connectivity index (χ2n) is 5.71. The van der Waals surface area contributed by atoms with Gasteiger partial charge in [0.25, 0.3) is 10.0 Å². The zero-order valence-electron chi connectivity index (χ0n) is 13.0. The minimum Gasteiger partial charge on any atom is -0.313 e. The van der Waals surface area contributed by atoms with Gasteiger partial charge in [-0.2, -0.15) is 0 Å². The van der Waals surface area contributed by atoms with Gasteiger partial charge in [0.1, 0.15) is 0 Å². The van der Waals surface area contributed by atoms with E-state index in [9.17, 15) is 8.42 Å². The van der Waals surface area contributed by atoms with E-state index in [2.05, 4.69) is 16.4 Å². The zero-order chi connectivity index (χ0) is 16.6. The molecule has 1 aliphatic heterocycles. The quantitative estimate of drug-likeness (QED) is 0.797. The van der Waals surface area contributed by atoms with Crippen molar-refractivity contribution in [1.29, 1.82) is 0 Å². The van der Waals surface area contributed by atoms with Crippen molar-refractivity contribution in [2.45, 2.75) is 11.3 Å². The van der Waals surface area contributed by atoms with Gasteiger partial charge in [0.15, 0.2) is 5.65 Å². The van der Waals surface area contributed by atoms with Gasteiger partial charge in [-0.15, -0.1) is 0 Å². The molecule has 0 unspecified atom stereocenters. The van der Waals surface area contributed by atoms with Crippen molar-refractivity contribution in [1.82, 2.24) is 14.3 Å². The first-order valence-electron chi connectivity index (χ1n) is 7.85. The van der Waals surface area contributed by atoms with Crippen LogP contribution in [0.3, 0.4) is 0 Å². The Morgan fingerprint density at radius 3 is 2.67 bits per heavy atom. The number of benzene rings is 1. The van der Waals surface area contributed by atoms with E-state index in [4.69, 9.17) is 0 Å². The fraction of sp³-hybridized carbons (Fsp3) is 0.167. The maximum Gasteiger partial charge on any atom is 0.269 e. The predicted octanol–water partition coefficient (Wildman–Crippen LogP) is 2.65. The normalized spacial score (nSPS) is 15.4. The van der Waals surface area contributed by atoms with Crippen LogP contribution in [0.2, 0.25) is 0 Å². The van der Waals surface area contributed by atoms with Crippen molar-refractivity contribution in [3.63, 3.8) is 0 Å². The third kappa shape index (κ3) is 2.44. The number of hydrogen-bond donors (Lipinski definition) is 1. The van der Waals surface area contributed by atoms with Crippen molar-refractivity contribution in [3.05, 3.63) is 66.5 Å². The maximum atomic E-state index is 12.9. The third-order valence-electron chi connectivity index (χ3n) is 4.26. The van der Waals surface area contributed by atoms with E-state index in [1.54, 1.807) is 42.7 Å². The first kappa shape index (κ1) is 15.1. The average Bonchev–Trinajstić information content (AvgIpc) is 3.08. The molecule has 0 amide bonds. The summed E-state index contributed by atoms with van der Waals surface area (Å²) in [5.41, 5.74) is 2.76. The molecule has 24 heavy (non-hydrogen) atoms. The Kier molecular flexibility index (Phi) is 3.70. The smallest absolute Gasteiger partial charge is 0.269 e. The van der Waals surface area contributed by atoms with Gasteiger partial charge in [0.2, 0.25) is 0 Å². The van der Waals surface area contributed by atoms with Gasteiger partial charge in [0, 0.05) is 24.3 Å². The lowest BCUT2D eigenvalue weighted by atomic mass is 9.99. The Bertz CT molecular complexity index is 1020. The first-order chi connectivity index (χ1) is 11.7. The second-order valence-corrected chi connectivity index (χ2v) is 7.52. The summed E-state index contributed by atoms with van der Waals surface area (Å²) >= 11 is 0. The Morgan fingerprint density at radius 2 is 1.92 bits per heavy atom. The number of nitrogens with one attached hydrogen (secondary N) is 1. The summed E-state index contributed by atoms with van der Waals surface area (Å²) in [6.45, 7) is 1.76. The van der Waals surface area contributed by atoms with E-state index < -0.39 is 10.0 Å². The van der Waals surface area contributed by atoms with Crippen molar-refractivity contribution in [2.75, 3.05) is 13.1 Å². The number of pyridine rings is 1. The van der Waals surface area contributed by atoms with E-state index in [-0.39, 0.29) is 4.90 Å². The van der Waals surface area contributed by atoms with Gasteiger partial charge < -0.3 is 5.32 Å². The van der Waals surface area contributed by atoms with Gasteiger partial charge in [0.05, 0.1) is 4.90 Å². The maximum absolute atomic E-state index is 12.9. The van der Waals surface area contributed by atoms with Crippen LogP contribution in [0.25, 0.3) is 16.6 Å². The molecule has 0 saturated heterocycles. The lowest BCUT2D eigenvalue weighted by Crippen LogP contribution is -2.20. The molecule has 4 rings (SSSR count). The summed E-state index contributed by atoms with van der Waals surface area (Å²) in [7, 11) is -3.65. The van der Waals surface area contributed by atoms with Crippen LogP contribution in [0.1, 0.15) is 12.0 Å². The fourth-order valence-corrected chi connectivity index (χ4v) is 4.38. The summed E-state index contributed by atoms with van der Waals surface area (Å²) in [6, 6.07) is 12.2. The van der Waals surface area contributed by atoms with Gasteiger partial charge in [-0.3, -0.25) is 0 Å². The highest BCUT2D eigenvalue weighted by Crippen LogP contribution is 2.29. The number of aromatic nitrogens is 2. The van der Waals surface area contributed by atoms with Crippen LogP contribution in [-0.2, 0) is 10.0 Å². The molecule has 1 N–H and O–H groups in total. The lowest BCUT2D eigenvalue weighted by Gasteiger charge is -2.15. The SMILES string of the molecule is O=S(=O)(c1ccccc1)n1ccc2c(C3=CCNCC3)ccnc21. The van der Waals surface area contributed by atoms with Crippen LogP contribution in [0.4, 0.5) is 0 Å². The third-order valence-corrected chi connectivity index (χ3v) is 5.94. The van der Waals surface area contributed by atoms with E-state index in [1.807, 2.05) is 12.1 Å². The molecule has 3 heterocycles. The van der Waals surface area contributed by atoms with Crippen molar-refractivity contribution < 1.29 is 8.42 Å². The fourth-order valence-electron chi connectivity index (χ4n) is 3.06. The molecule has 6 heteroatoms. The molecule has 1 aromatic carbocycles. The van der Waals surface area contributed by atoms with E-state index in [0.717, 1.165) is 30.5 Å². The Hall–Kier alpha value is -2.44. The highest BCUT2D eigenvalue weighted by atomic mass is 32.2. The summed E-state index contributed by atoms with van der Waals surface area (Å²) in [6.07, 6.45) is 6.35. The molecule has 0 atom stereocenters. The van der Waals surface area contributed by atoms with E-state index in [1.165, 1.54) is 9.55 Å². The Morgan fingerprint density at radius 1 is 1.08 bits per heavy atom. The summed E-state index contributed by atoms with van der Waals surface area (Å²) in [5, 5.41) is 4.16. The van der Waals surface area contributed by atoms with E-state index >= 15 is 0 Å². The molecule has 0 aliphatic carbocycles. The highest BCUT2D eigenvalue weighted by molar-refractivity contribution is 7.90. The van der Waals surface area contributed by atoms with Crippen LogP contribution >= 0.6 is 0 Å². The van der Waals surface area contributed by atoms with Gasteiger partial charge >= 0.3 is 0 Å². The number of nitrogens with zero attached hydrogens (tertiary/aromatic N) is 2. The molecule has 5 nitrogen and oxygen atoms in total. The molecular formula is C18H17N3O2S.